The molecule has 0 spiro atoms. The van der Waals surface area contributed by atoms with Crippen LogP contribution in [0.25, 0.3) is 0 Å². The maximum absolute atomic E-state index is 10.9. The molecule has 0 radical (unpaired) electrons. The molecule has 0 bridgehead atoms. The van der Waals surface area contributed by atoms with Crippen molar-refractivity contribution in [3.63, 3.8) is 0 Å². The third-order valence-electron chi connectivity index (χ3n) is 2.10. The molecule has 17 heavy (non-hydrogen) atoms. The fourth-order valence-electron chi connectivity index (χ4n) is 1.24. The third kappa shape index (κ3) is 15.3. The van der Waals surface area contributed by atoms with E-state index in [1.807, 2.05) is 0 Å². The van der Waals surface area contributed by atoms with Crippen LogP contribution in [0.2, 0.25) is 0 Å². The summed E-state index contributed by atoms with van der Waals surface area (Å²) < 4.78 is 4.78. The van der Waals surface area contributed by atoms with Crippen molar-refractivity contribution in [2.45, 2.75) is 45.4 Å². The number of carboxylic acids is 1. The van der Waals surface area contributed by atoms with Crippen LogP contribution in [-0.2, 0) is 33.8 Å². The van der Waals surface area contributed by atoms with Gasteiger partial charge in [-0.05, 0) is 12.5 Å². The Balaban J connectivity index is 0. The van der Waals surface area contributed by atoms with Crippen LogP contribution in [0.15, 0.2) is 12.2 Å². The molecule has 0 aromatic rings. The van der Waals surface area contributed by atoms with Crippen molar-refractivity contribution in [1.29, 1.82) is 0 Å². The van der Waals surface area contributed by atoms with Crippen molar-refractivity contribution in [3.8, 4) is 0 Å². The van der Waals surface area contributed by atoms with E-state index in [1.54, 1.807) is 0 Å². The summed E-state index contributed by atoms with van der Waals surface area (Å²) in [5.41, 5.74) is 0. The van der Waals surface area contributed by atoms with Crippen molar-refractivity contribution in [1.82, 2.24) is 0 Å². The molecule has 0 aromatic carbocycles. The predicted octanol–water partition coefficient (Wildman–Crippen LogP) is 1.19. The van der Waals surface area contributed by atoms with Gasteiger partial charge in [0, 0.05) is 25.6 Å². The van der Waals surface area contributed by atoms with Crippen LogP contribution in [0.3, 0.4) is 0 Å². The number of hydrogen-bond acceptors (Lipinski definition) is 4. The summed E-state index contributed by atoms with van der Waals surface area (Å²) in [7, 11) is 0. The number of unbranched alkanes of at least 4 members (excludes halogenated alkanes) is 5. The average molecular weight is 293 g/mol. The molecular weight excluding hydrogens is 274 g/mol. The number of hydrogen-bond donors (Lipinski definition) is 0. The maximum Gasteiger partial charge on any atom is 0.330 e. The number of esters is 1. The van der Waals surface area contributed by atoms with Gasteiger partial charge in [-0.3, -0.25) is 0 Å². The van der Waals surface area contributed by atoms with E-state index in [4.69, 9.17) is 4.74 Å². The first-order valence-corrected chi connectivity index (χ1v) is 5.72. The largest absolute Gasteiger partial charge is 0.545 e. The number of carboxylic acid groups (broad SMARTS) is 1. The first-order chi connectivity index (χ1) is 7.66. The van der Waals surface area contributed by atoms with Crippen molar-refractivity contribution >= 4 is 11.9 Å². The van der Waals surface area contributed by atoms with Crippen LogP contribution in [0.5, 0.6) is 0 Å². The minimum absolute atomic E-state index is 0. The first kappa shape index (κ1) is 18.7. The number of rotatable bonds is 9. The molecule has 0 aliphatic carbocycles. The summed E-state index contributed by atoms with van der Waals surface area (Å²) >= 11 is 0. The smallest absolute Gasteiger partial charge is 0.330 e. The minimum atomic E-state index is -1.39. The minimum Gasteiger partial charge on any atom is -0.545 e. The summed E-state index contributed by atoms with van der Waals surface area (Å²) in [5, 5.41) is 9.97. The molecule has 0 aliphatic rings. The number of carbonyl (C=O) groups excluding carboxylic acids is 2. The zero-order valence-electron chi connectivity index (χ0n) is 10.4. The molecular formula is C12H19O4Zn-. The Bertz CT molecular complexity index is 239. The van der Waals surface area contributed by atoms with Crippen LogP contribution < -0.4 is 5.11 Å². The molecule has 4 nitrogen and oxygen atoms in total. The molecule has 5 heteroatoms. The van der Waals surface area contributed by atoms with Crippen molar-refractivity contribution in [3.05, 3.63) is 12.2 Å². The van der Waals surface area contributed by atoms with E-state index < -0.39 is 11.9 Å². The average Bonchev–Trinajstić information content (AvgIpc) is 2.25. The molecule has 0 saturated carbocycles. The van der Waals surface area contributed by atoms with Crippen molar-refractivity contribution < 1.29 is 38.9 Å². The van der Waals surface area contributed by atoms with Gasteiger partial charge in [0.1, 0.15) is 0 Å². The summed E-state index contributed by atoms with van der Waals surface area (Å²) in [6.45, 7) is 2.51. The third-order valence-corrected chi connectivity index (χ3v) is 2.10. The van der Waals surface area contributed by atoms with Gasteiger partial charge in [0.15, 0.2) is 0 Å². The van der Waals surface area contributed by atoms with Crippen LogP contribution >= 0.6 is 0 Å². The van der Waals surface area contributed by atoms with Crippen LogP contribution in [0, 0.1) is 0 Å². The second-order valence-electron chi connectivity index (χ2n) is 3.59. The molecule has 0 rings (SSSR count). The Morgan fingerprint density at radius 3 is 2.24 bits per heavy atom. The first-order valence-electron chi connectivity index (χ1n) is 5.72. The van der Waals surface area contributed by atoms with E-state index in [9.17, 15) is 14.7 Å². The van der Waals surface area contributed by atoms with Gasteiger partial charge in [-0.2, -0.15) is 0 Å². The van der Waals surface area contributed by atoms with Gasteiger partial charge >= 0.3 is 5.97 Å². The Labute approximate surface area is 115 Å². The number of aliphatic carboxylic acids is 1. The topological polar surface area (TPSA) is 66.4 Å². The van der Waals surface area contributed by atoms with Crippen molar-refractivity contribution in [2.24, 2.45) is 0 Å². The van der Waals surface area contributed by atoms with Gasteiger partial charge < -0.3 is 14.6 Å². The zero-order chi connectivity index (χ0) is 12.2. The molecule has 0 fully saturated rings. The van der Waals surface area contributed by atoms with E-state index in [0.717, 1.165) is 25.3 Å². The Morgan fingerprint density at radius 1 is 1.06 bits per heavy atom. The van der Waals surface area contributed by atoms with Gasteiger partial charge in [0.2, 0.25) is 0 Å². The number of ether oxygens (including phenoxy) is 1. The monoisotopic (exact) mass is 291 g/mol. The predicted molar refractivity (Wildman–Crippen MR) is 58.5 cm³/mol. The van der Waals surface area contributed by atoms with Crippen LogP contribution in [0.1, 0.15) is 45.4 Å². The van der Waals surface area contributed by atoms with E-state index in [0.29, 0.717) is 12.7 Å². The fourth-order valence-corrected chi connectivity index (χ4v) is 1.24. The summed E-state index contributed by atoms with van der Waals surface area (Å²) in [4.78, 5) is 20.9. The summed E-state index contributed by atoms with van der Waals surface area (Å²) in [6, 6.07) is 0. The molecule has 0 N–H and O–H groups in total. The second-order valence-corrected chi connectivity index (χ2v) is 3.59. The molecule has 0 unspecified atom stereocenters. The molecule has 0 heterocycles. The van der Waals surface area contributed by atoms with E-state index in [1.165, 1.54) is 19.3 Å². The molecule has 0 saturated heterocycles. The van der Waals surface area contributed by atoms with E-state index >= 15 is 0 Å². The summed E-state index contributed by atoms with van der Waals surface area (Å²) in [5.74, 6) is -2.02. The Kier molecular flexibility index (Phi) is 14.7. The van der Waals surface area contributed by atoms with Gasteiger partial charge in [0.05, 0.1) is 12.6 Å². The van der Waals surface area contributed by atoms with Gasteiger partial charge in [-0.15, -0.1) is 0 Å². The standard InChI is InChI=1S/C12H20O4.Zn/c1-2-3-4-5-6-7-10-16-12(15)9-8-11(13)14;/h8-9H,2-7,10H2,1H3,(H,13,14);/p-1. The number of carbonyl (C=O) groups is 2. The van der Waals surface area contributed by atoms with Gasteiger partial charge in [0.25, 0.3) is 0 Å². The van der Waals surface area contributed by atoms with Gasteiger partial charge in [-0.25, -0.2) is 4.79 Å². The van der Waals surface area contributed by atoms with Gasteiger partial charge in [-0.1, -0.05) is 39.0 Å². The molecule has 0 aliphatic heterocycles. The second kappa shape index (κ2) is 13.4. The van der Waals surface area contributed by atoms with Crippen molar-refractivity contribution in [2.75, 3.05) is 6.61 Å². The fraction of sp³-hybridized carbons (Fsp3) is 0.667. The summed E-state index contributed by atoms with van der Waals surface area (Å²) in [6.07, 6.45) is 8.23. The van der Waals surface area contributed by atoms with Crippen LogP contribution in [0.4, 0.5) is 0 Å². The Morgan fingerprint density at radius 2 is 1.65 bits per heavy atom. The molecule has 94 valence electrons. The quantitative estimate of drug-likeness (QED) is 0.277. The zero-order valence-corrected chi connectivity index (χ0v) is 13.4. The molecule has 0 atom stereocenters. The van der Waals surface area contributed by atoms with Crippen LogP contribution in [-0.4, -0.2) is 18.5 Å². The SMILES string of the molecule is CCCCCCCCOC(=O)C=CC(=O)[O-].[Zn]. The molecule has 0 amide bonds. The van der Waals surface area contributed by atoms with E-state index in [-0.39, 0.29) is 19.5 Å². The van der Waals surface area contributed by atoms with E-state index in [2.05, 4.69) is 6.92 Å². The Hall–Kier alpha value is -0.697. The normalized spacial score (nSPS) is 9.94. The maximum atomic E-state index is 10.9. The molecule has 0 aromatic heterocycles.